The Morgan fingerprint density at radius 2 is 2.00 bits per heavy atom. The number of carbonyl (C=O) groups is 1. The topological polar surface area (TPSA) is 90.9 Å². The molecule has 0 radical (unpaired) electrons. The standard InChI is InChI=1S/C13H13F3N4O2S/c1-6(2)11-19-18-9(23-11)5-20-8(13(14,15)16)4-3-7(10(17)21)12(20)22/h3-4,6H,5H2,1-2H3,(H2,17,21). The van der Waals surface area contributed by atoms with Crippen LogP contribution in [0.15, 0.2) is 16.9 Å². The summed E-state index contributed by atoms with van der Waals surface area (Å²) in [7, 11) is 0. The lowest BCUT2D eigenvalue weighted by Gasteiger charge is -2.14. The van der Waals surface area contributed by atoms with Crippen molar-refractivity contribution in [2.75, 3.05) is 0 Å². The molecule has 1 amide bonds. The molecule has 0 saturated carbocycles. The van der Waals surface area contributed by atoms with Crippen molar-refractivity contribution in [1.29, 1.82) is 0 Å². The second-order valence-electron chi connectivity index (χ2n) is 5.07. The van der Waals surface area contributed by atoms with Gasteiger partial charge in [-0.2, -0.15) is 13.2 Å². The highest BCUT2D eigenvalue weighted by Gasteiger charge is 2.35. The van der Waals surface area contributed by atoms with E-state index in [0.717, 1.165) is 17.4 Å². The minimum atomic E-state index is -4.75. The van der Waals surface area contributed by atoms with Gasteiger partial charge in [0.05, 0.1) is 6.54 Å². The number of nitrogens with two attached hydrogens (primary N) is 1. The van der Waals surface area contributed by atoms with Crippen molar-refractivity contribution in [2.24, 2.45) is 5.73 Å². The number of rotatable bonds is 4. The monoisotopic (exact) mass is 346 g/mol. The molecular weight excluding hydrogens is 333 g/mol. The molecule has 0 fully saturated rings. The van der Waals surface area contributed by atoms with Gasteiger partial charge in [-0.15, -0.1) is 10.2 Å². The summed E-state index contributed by atoms with van der Waals surface area (Å²) in [5.41, 5.74) is 2.24. The van der Waals surface area contributed by atoms with Crippen LogP contribution in [0.4, 0.5) is 13.2 Å². The smallest absolute Gasteiger partial charge is 0.365 e. The lowest BCUT2D eigenvalue weighted by molar-refractivity contribution is -0.144. The summed E-state index contributed by atoms with van der Waals surface area (Å²) in [5.74, 6) is -1.02. The van der Waals surface area contributed by atoms with E-state index in [-0.39, 0.29) is 10.9 Å². The summed E-state index contributed by atoms with van der Waals surface area (Å²) in [5, 5.41) is 8.55. The summed E-state index contributed by atoms with van der Waals surface area (Å²) in [6, 6.07) is 1.44. The average Bonchev–Trinajstić information content (AvgIpc) is 2.88. The van der Waals surface area contributed by atoms with E-state index in [9.17, 15) is 22.8 Å². The molecule has 2 N–H and O–H groups in total. The quantitative estimate of drug-likeness (QED) is 0.916. The Balaban J connectivity index is 2.55. The molecule has 0 unspecified atom stereocenters. The second kappa shape index (κ2) is 6.11. The van der Waals surface area contributed by atoms with E-state index < -0.39 is 35.4 Å². The average molecular weight is 346 g/mol. The summed E-state index contributed by atoms with van der Waals surface area (Å²) >= 11 is 1.11. The maximum Gasteiger partial charge on any atom is 0.431 e. The summed E-state index contributed by atoms with van der Waals surface area (Å²) in [6.07, 6.45) is -4.75. The number of halogens is 3. The maximum absolute atomic E-state index is 13.1. The van der Waals surface area contributed by atoms with Crippen molar-refractivity contribution >= 4 is 17.2 Å². The number of hydrogen-bond acceptors (Lipinski definition) is 5. The fraction of sp³-hybridized carbons (Fsp3) is 0.385. The third-order valence-electron chi connectivity index (χ3n) is 3.00. The molecule has 2 heterocycles. The van der Waals surface area contributed by atoms with Crippen LogP contribution in [0.5, 0.6) is 0 Å². The molecule has 23 heavy (non-hydrogen) atoms. The number of hydrogen-bond donors (Lipinski definition) is 1. The van der Waals surface area contributed by atoms with Crippen molar-refractivity contribution in [2.45, 2.75) is 32.5 Å². The molecule has 124 valence electrons. The van der Waals surface area contributed by atoms with E-state index in [2.05, 4.69) is 10.2 Å². The largest absolute Gasteiger partial charge is 0.431 e. The number of primary amides is 1. The van der Waals surface area contributed by atoms with Gasteiger partial charge in [0.15, 0.2) is 0 Å². The Labute approximate surface area is 132 Å². The van der Waals surface area contributed by atoms with Crippen molar-refractivity contribution < 1.29 is 18.0 Å². The third-order valence-corrected chi connectivity index (χ3v) is 4.21. The second-order valence-corrected chi connectivity index (χ2v) is 6.17. The van der Waals surface area contributed by atoms with Crippen LogP contribution in [0.3, 0.4) is 0 Å². The molecule has 0 saturated heterocycles. The Hall–Kier alpha value is -2.23. The normalized spacial score (nSPS) is 11.9. The molecule has 2 aromatic heterocycles. The van der Waals surface area contributed by atoms with Gasteiger partial charge in [0.25, 0.3) is 11.5 Å². The fourth-order valence-electron chi connectivity index (χ4n) is 1.87. The van der Waals surface area contributed by atoms with Gasteiger partial charge in [-0.05, 0) is 12.1 Å². The van der Waals surface area contributed by atoms with Crippen LogP contribution in [0, 0.1) is 0 Å². The van der Waals surface area contributed by atoms with Crippen molar-refractivity contribution in [1.82, 2.24) is 14.8 Å². The van der Waals surface area contributed by atoms with Crippen LogP contribution < -0.4 is 11.3 Å². The van der Waals surface area contributed by atoms with Crippen molar-refractivity contribution in [3.63, 3.8) is 0 Å². The molecule has 0 spiro atoms. The number of carbonyl (C=O) groups excluding carboxylic acids is 1. The Kier molecular flexibility index (Phi) is 4.55. The van der Waals surface area contributed by atoms with E-state index in [4.69, 9.17) is 5.73 Å². The predicted molar refractivity (Wildman–Crippen MR) is 77.3 cm³/mol. The Bertz CT molecular complexity index is 795. The highest BCUT2D eigenvalue weighted by atomic mass is 32.1. The van der Waals surface area contributed by atoms with E-state index >= 15 is 0 Å². The fourth-order valence-corrected chi connectivity index (χ4v) is 2.70. The number of amides is 1. The molecule has 2 aromatic rings. The van der Waals surface area contributed by atoms with E-state index in [0.29, 0.717) is 15.6 Å². The van der Waals surface area contributed by atoms with Crippen LogP contribution in [0.2, 0.25) is 0 Å². The number of pyridine rings is 1. The summed E-state index contributed by atoms with van der Waals surface area (Å²) in [6.45, 7) is 3.30. The van der Waals surface area contributed by atoms with Crippen LogP contribution in [-0.2, 0) is 12.7 Å². The summed E-state index contributed by atoms with van der Waals surface area (Å²) < 4.78 is 39.7. The molecule has 0 aliphatic rings. The maximum atomic E-state index is 13.1. The summed E-state index contributed by atoms with van der Waals surface area (Å²) in [4.78, 5) is 23.3. The first kappa shape index (κ1) is 17.1. The number of nitrogens with zero attached hydrogens (tertiary/aromatic N) is 3. The molecule has 0 bridgehead atoms. The number of aromatic nitrogens is 3. The van der Waals surface area contributed by atoms with Gasteiger partial charge in [0, 0.05) is 5.92 Å². The van der Waals surface area contributed by atoms with Gasteiger partial charge < -0.3 is 5.73 Å². The first-order valence-corrected chi connectivity index (χ1v) is 7.36. The molecule has 0 aliphatic carbocycles. The van der Waals surface area contributed by atoms with Gasteiger partial charge in [-0.1, -0.05) is 25.2 Å². The van der Waals surface area contributed by atoms with E-state index in [1.807, 2.05) is 13.8 Å². The third kappa shape index (κ3) is 3.58. The first-order chi connectivity index (χ1) is 10.6. The molecule has 0 aromatic carbocycles. The van der Waals surface area contributed by atoms with Gasteiger partial charge in [-0.25, -0.2) is 0 Å². The van der Waals surface area contributed by atoms with Crippen molar-refractivity contribution in [3.8, 4) is 0 Å². The molecule has 0 atom stereocenters. The predicted octanol–water partition coefficient (Wildman–Crippen LogP) is 1.99. The molecule has 2 rings (SSSR count). The minimum Gasteiger partial charge on any atom is -0.365 e. The number of alkyl halides is 3. The zero-order valence-electron chi connectivity index (χ0n) is 12.2. The molecule has 0 aliphatic heterocycles. The lowest BCUT2D eigenvalue weighted by Crippen LogP contribution is -2.34. The highest BCUT2D eigenvalue weighted by molar-refractivity contribution is 7.11. The van der Waals surface area contributed by atoms with Gasteiger partial charge in [0.2, 0.25) is 0 Å². The van der Waals surface area contributed by atoms with Crippen LogP contribution >= 0.6 is 11.3 Å². The van der Waals surface area contributed by atoms with Crippen molar-refractivity contribution in [3.05, 3.63) is 43.8 Å². The molecule has 10 heteroatoms. The van der Waals surface area contributed by atoms with Gasteiger partial charge >= 0.3 is 6.18 Å². The van der Waals surface area contributed by atoms with E-state index in [1.165, 1.54) is 0 Å². The van der Waals surface area contributed by atoms with Gasteiger partial charge in [-0.3, -0.25) is 14.2 Å². The van der Waals surface area contributed by atoms with E-state index in [1.54, 1.807) is 0 Å². The highest BCUT2D eigenvalue weighted by Crippen LogP contribution is 2.29. The van der Waals surface area contributed by atoms with Crippen LogP contribution in [-0.4, -0.2) is 20.7 Å². The molecular formula is C13H13F3N4O2S. The first-order valence-electron chi connectivity index (χ1n) is 6.54. The van der Waals surface area contributed by atoms with Gasteiger partial charge in [0.1, 0.15) is 21.3 Å². The zero-order valence-corrected chi connectivity index (χ0v) is 13.0. The zero-order chi connectivity index (χ0) is 17.4. The minimum absolute atomic E-state index is 0.0667. The Morgan fingerprint density at radius 1 is 1.35 bits per heavy atom. The Morgan fingerprint density at radius 3 is 2.48 bits per heavy atom. The SMILES string of the molecule is CC(C)c1nnc(Cn2c(C(F)(F)F)ccc(C(N)=O)c2=O)s1. The van der Waals surface area contributed by atoms with Crippen LogP contribution in [0.25, 0.3) is 0 Å². The van der Waals surface area contributed by atoms with Crippen LogP contribution in [0.1, 0.15) is 45.8 Å². The molecule has 6 nitrogen and oxygen atoms in total. The lowest BCUT2D eigenvalue weighted by atomic mass is 10.2.